The molecule has 1 rings (SSSR count). The fourth-order valence-corrected chi connectivity index (χ4v) is 3.40. The summed E-state index contributed by atoms with van der Waals surface area (Å²) in [5.41, 5.74) is 1.45. The molecule has 1 aromatic carbocycles. The number of benzene rings is 1. The van der Waals surface area contributed by atoms with Crippen LogP contribution in [-0.4, -0.2) is 25.1 Å². The molecule has 0 bridgehead atoms. The summed E-state index contributed by atoms with van der Waals surface area (Å²) in [4.78, 5) is 0. The smallest absolute Gasteiger partial charge is 0.104 e. The van der Waals surface area contributed by atoms with Crippen LogP contribution in [0.2, 0.25) is 0 Å². The molecule has 0 aliphatic carbocycles. The van der Waals surface area contributed by atoms with Crippen molar-refractivity contribution in [1.82, 2.24) is 0 Å². The van der Waals surface area contributed by atoms with E-state index in [0.717, 1.165) is 11.0 Å². The lowest BCUT2D eigenvalue weighted by Gasteiger charge is -2.30. The molecule has 0 spiro atoms. The zero-order valence-corrected chi connectivity index (χ0v) is 17.4. The summed E-state index contributed by atoms with van der Waals surface area (Å²) in [7, 11) is 4.72. The molecule has 0 atom stereocenters. The van der Waals surface area contributed by atoms with Crippen molar-refractivity contribution in [3.63, 3.8) is 0 Å². The first-order valence-corrected chi connectivity index (χ1v) is 10.1. The van der Waals surface area contributed by atoms with E-state index in [0.29, 0.717) is 0 Å². The van der Waals surface area contributed by atoms with E-state index < -0.39 is 0 Å². The summed E-state index contributed by atoms with van der Waals surface area (Å²) in [6.07, 6.45) is 17.3. The molecule has 0 saturated carbocycles. The first-order chi connectivity index (χ1) is 11.6. The van der Waals surface area contributed by atoms with Crippen LogP contribution >= 0.6 is 0 Å². The lowest BCUT2D eigenvalue weighted by molar-refractivity contribution is -0.903. The van der Waals surface area contributed by atoms with Gasteiger partial charge in [0.1, 0.15) is 6.54 Å². The van der Waals surface area contributed by atoms with Crippen LogP contribution in [0.3, 0.4) is 0 Å². The molecule has 144 valence electrons. The van der Waals surface area contributed by atoms with E-state index in [1.807, 2.05) is 6.08 Å². The third-order valence-corrected chi connectivity index (χ3v) is 4.88. The van der Waals surface area contributed by atoms with Crippen molar-refractivity contribution in [3.8, 4) is 0 Å². The Morgan fingerprint density at radius 3 is 1.76 bits per heavy atom. The minimum Gasteiger partial charge on any atom is -1.00 e. The quantitative estimate of drug-likeness (QED) is 0.252. The standard InChI is InChI=1S/C23H40N.ClH/c1-4-5-6-7-8-9-10-11-12-13-14-18-21-24(2,3)22-23-19-16-15-17-20-23;/h4,15-17,19-20H,1,5-14,18,21-22H2,2-3H3;1H/q+1;/p-1. The summed E-state index contributed by atoms with van der Waals surface area (Å²) in [5.74, 6) is 0. The molecule has 1 nitrogen and oxygen atoms in total. The molecule has 0 heterocycles. The average molecular weight is 366 g/mol. The van der Waals surface area contributed by atoms with Gasteiger partial charge >= 0.3 is 0 Å². The maximum absolute atomic E-state index is 3.78. The maximum atomic E-state index is 3.78. The van der Waals surface area contributed by atoms with Crippen molar-refractivity contribution < 1.29 is 16.9 Å². The number of allylic oxidation sites excluding steroid dienone is 1. The highest BCUT2D eigenvalue weighted by Gasteiger charge is 2.14. The van der Waals surface area contributed by atoms with E-state index in [2.05, 4.69) is 51.0 Å². The van der Waals surface area contributed by atoms with Gasteiger partial charge in [-0.3, -0.25) is 0 Å². The first-order valence-electron chi connectivity index (χ1n) is 10.1. The van der Waals surface area contributed by atoms with Crippen LogP contribution < -0.4 is 12.4 Å². The summed E-state index contributed by atoms with van der Waals surface area (Å²) < 4.78 is 1.11. The Morgan fingerprint density at radius 1 is 0.760 bits per heavy atom. The molecule has 2 heteroatoms. The van der Waals surface area contributed by atoms with Crippen LogP contribution in [0.1, 0.15) is 76.2 Å². The Balaban J connectivity index is 0.00000576. The van der Waals surface area contributed by atoms with E-state index in [1.165, 1.54) is 82.7 Å². The van der Waals surface area contributed by atoms with E-state index in [-0.39, 0.29) is 12.4 Å². The Bertz CT molecular complexity index is 413. The second-order valence-electron chi connectivity index (χ2n) is 7.92. The van der Waals surface area contributed by atoms with Gasteiger partial charge in [0.25, 0.3) is 0 Å². The normalized spacial score (nSPS) is 11.1. The Labute approximate surface area is 163 Å². The largest absolute Gasteiger partial charge is 1.00 e. The number of halogens is 1. The van der Waals surface area contributed by atoms with Crippen LogP contribution in [0.15, 0.2) is 43.0 Å². The molecule has 0 radical (unpaired) electrons. The van der Waals surface area contributed by atoms with Gasteiger partial charge in [-0.15, -0.1) is 6.58 Å². The SMILES string of the molecule is C=CCCCCCCCCCCCC[N+](C)(C)Cc1ccccc1.[Cl-]. The van der Waals surface area contributed by atoms with Gasteiger partial charge in [0.15, 0.2) is 0 Å². The van der Waals surface area contributed by atoms with Gasteiger partial charge < -0.3 is 16.9 Å². The molecular formula is C23H40ClN. The molecule has 1 aromatic rings. The van der Waals surface area contributed by atoms with Crippen molar-refractivity contribution in [2.75, 3.05) is 20.6 Å². The third-order valence-electron chi connectivity index (χ3n) is 4.88. The van der Waals surface area contributed by atoms with Crippen LogP contribution in [0.5, 0.6) is 0 Å². The van der Waals surface area contributed by atoms with Gasteiger partial charge in [-0.05, 0) is 25.7 Å². The Hall–Kier alpha value is -0.790. The van der Waals surface area contributed by atoms with Gasteiger partial charge in [-0.2, -0.15) is 0 Å². The van der Waals surface area contributed by atoms with Crippen LogP contribution in [0, 0.1) is 0 Å². The first kappa shape index (κ1) is 24.2. The topological polar surface area (TPSA) is 0 Å². The predicted molar refractivity (Wildman–Crippen MR) is 108 cm³/mol. The average Bonchev–Trinajstić information content (AvgIpc) is 2.56. The minimum atomic E-state index is 0. The zero-order chi connectivity index (χ0) is 17.5. The van der Waals surface area contributed by atoms with Crippen molar-refractivity contribution in [3.05, 3.63) is 48.6 Å². The minimum absolute atomic E-state index is 0. The van der Waals surface area contributed by atoms with Gasteiger partial charge in [-0.1, -0.05) is 81.4 Å². The summed E-state index contributed by atoms with van der Waals surface area (Å²) in [6, 6.07) is 10.9. The van der Waals surface area contributed by atoms with Crippen LogP contribution in [0.4, 0.5) is 0 Å². The molecule has 0 fully saturated rings. The number of hydrogen-bond donors (Lipinski definition) is 0. The summed E-state index contributed by atoms with van der Waals surface area (Å²) in [6.45, 7) is 6.21. The van der Waals surface area contributed by atoms with Crippen molar-refractivity contribution in [2.45, 2.75) is 77.2 Å². The maximum Gasteiger partial charge on any atom is 0.104 e. The highest BCUT2D eigenvalue weighted by atomic mass is 35.5. The number of nitrogens with zero attached hydrogens (tertiary/aromatic N) is 1. The van der Waals surface area contributed by atoms with Crippen molar-refractivity contribution >= 4 is 0 Å². The fourth-order valence-electron chi connectivity index (χ4n) is 3.40. The number of quaternary nitrogens is 1. The fraction of sp³-hybridized carbons (Fsp3) is 0.652. The van der Waals surface area contributed by atoms with Gasteiger partial charge in [0.05, 0.1) is 20.6 Å². The monoisotopic (exact) mass is 365 g/mol. The highest BCUT2D eigenvalue weighted by molar-refractivity contribution is 5.13. The number of unbranched alkanes of at least 4 members (excludes halogenated alkanes) is 10. The van der Waals surface area contributed by atoms with Gasteiger partial charge in [-0.25, -0.2) is 0 Å². The van der Waals surface area contributed by atoms with Gasteiger partial charge in [0, 0.05) is 5.56 Å². The van der Waals surface area contributed by atoms with E-state index >= 15 is 0 Å². The molecule has 0 aliphatic rings. The zero-order valence-electron chi connectivity index (χ0n) is 16.7. The molecule has 0 aliphatic heterocycles. The molecule has 0 amide bonds. The Kier molecular flexibility index (Phi) is 15.0. The molecular weight excluding hydrogens is 326 g/mol. The second kappa shape index (κ2) is 15.5. The predicted octanol–water partition coefficient (Wildman–Crippen LogP) is 3.74. The number of rotatable bonds is 15. The van der Waals surface area contributed by atoms with Gasteiger partial charge in [0.2, 0.25) is 0 Å². The number of hydrogen-bond acceptors (Lipinski definition) is 0. The molecule has 0 N–H and O–H groups in total. The van der Waals surface area contributed by atoms with E-state index in [9.17, 15) is 0 Å². The van der Waals surface area contributed by atoms with Crippen LogP contribution in [0.25, 0.3) is 0 Å². The molecule has 25 heavy (non-hydrogen) atoms. The second-order valence-corrected chi connectivity index (χ2v) is 7.92. The summed E-state index contributed by atoms with van der Waals surface area (Å²) >= 11 is 0. The molecule has 0 saturated heterocycles. The molecule has 0 aromatic heterocycles. The van der Waals surface area contributed by atoms with E-state index in [1.54, 1.807) is 0 Å². The van der Waals surface area contributed by atoms with E-state index in [4.69, 9.17) is 0 Å². The lowest BCUT2D eigenvalue weighted by atomic mass is 10.1. The van der Waals surface area contributed by atoms with Crippen molar-refractivity contribution in [1.29, 1.82) is 0 Å². The van der Waals surface area contributed by atoms with Crippen molar-refractivity contribution in [2.24, 2.45) is 0 Å². The lowest BCUT2D eigenvalue weighted by Crippen LogP contribution is -3.00. The molecule has 0 unspecified atom stereocenters. The van der Waals surface area contributed by atoms with Crippen LogP contribution in [-0.2, 0) is 6.54 Å². The highest BCUT2D eigenvalue weighted by Crippen LogP contribution is 2.14. The summed E-state index contributed by atoms with van der Waals surface area (Å²) in [5, 5.41) is 0. The Morgan fingerprint density at radius 2 is 1.24 bits per heavy atom. The third kappa shape index (κ3) is 14.1.